The molecule has 0 saturated carbocycles. The molecule has 2 N–H and O–H groups in total. The van der Waals surface area contributed by atoms with E-state index in [2.05, 4.69) is 10.6 Å². The van der Waals surface area contributed by atoms with E-state index in [0.29, 0.717) is 25.1 Å². The SMILES string of the molecule is CCC/C(CC(=O)NCc1ccc(C)cc1)=C(\CC)NC(F)F. The number of hydrogen-bond acceptors (Lipinski definition) is 2. The number of rotatable bonds is 9. The maximum absolute atomic E-state index is 12.6. The topological polar surface area (TPSA) is 41.1 Å². The normalized spacial score (nSPS) is 12.1. The third-order valence-electron chi connectivity index (χ3n) is 3.60. The van der Waals surface area contributed by atoms with Crippen molar-refractivity contribution in [3.05, 3.63) is 46.7 Å². The number of carbonyl (C=O) groups is 1. The van der Waals surface area contributed by atoms with Crippen LogP contribution in [0.15, 0.2) is 35.5 Å². The molecule has 1 aromatic rings. The lowest BCUT2D eigenvalue weighted by Crippen LogP contribution is -2.26. The standard InChI is InChI=1S/C18H26F2N2O/c1-4-6-15(16(5-2)22-18(19)20)11-17(23)21-12-14-9-7-13(3)8-10-14/h7-10,18,22H,4-6,11-12H2,1-3H3,(H,21,23)/b16-15-. The minimum absolute atomic E-state index is 0.143. The lowest BCUT2D eigenvalue weighted by atomic mass is 10.0. The molecule has 0 atom stereocenters. The van der Waals surface area contributed by atoms with Gasteiger partial charge >= 0.3 is 6.55 Å². The first-order chi connectivity index (χ1) is 11.0. The molecule has 0 aliphatic rings. The van der Waals surface area contributed by atoms with Crippen molar-refractivity contribution in [3.8, 4) is 0 Å². The van der Waals surface area contributed by atoms with Gasteiger partial charge in [-0.3, -0.25) is 4.79 Å². The first kappa shape index (κ1) is 19.1. The minimum Gasteiger partial charge on any atom is -0.352 e. The second kappa shape index (κ2) is 9.98. The molecule has 1 aromatic carbocycles. The summed E-state index contributed by atoms with van der Waals surface area (Å²) < 4.78 is 25.1. The molecule has 0 fully saturated rings. The van der Waals surface area contributed by atoms with Crippen molar-refractivity contribution in [2.24, 2.45) is 0 Å². The lowest BCUT2D eigenvalue weighted by Gasteiger charge is -2.16. The highest BCUT2D eigenvalue weighted by molar-refractivity contribution is 5.78. The van der Waals surface area contributed by atoms with Crippen LogP contribution in [0.1, 0.15) is 50.7 Å². The quantitative estimate of drug-likeness (QED) is 0.666. The van der Waals surface area contributed by atoms with Gasteiger partial charge in [-0.1, -0.05) is 50.1 Å². The van der Waals surface area contributed by atoms with E-state index in [1.54, 1.807) is 0 Å². The molecule has 0 spiro atoms. The van der Waals surface area contributed by atoms with Crippen molar-refractivity contribution < 1.29 is 13.6 Å². The van der Waals surface area contributed by atoms with Gasteiger partial charge in [-0.2, -0.15) is 8.78 Å². The summed E-state index contributed by atoms with van der Waals surface area (Å²) >= 11 is 0. The lowest BCUT2D eigenvalue weighted by molar-refractivity contribution is -0.120. The number of carbonyl (C=O) groups excluding carboxylic acids is 1. The zero-order valence-corrected chi connectivity index (χ0v) is 14.1. The van der Waals surface area contributed by atoms with Gasteiger partial charge in [0.1, 0.15) is 0 Å². The molecule has 0 saturated heterocycles. The Bertz CT molecular complexity index is 524. The number of alkyl halides is 2. The van der Waals surface area contributed by atoms with E-state index < -0.39 is 6.55 Å². The van der Waals surface area contributed by atoms with E-state index in [1.807, 2.05) is 45.0 Å². The largest absolute Gasteiger partial charge is 0.352 e. The van der Waals surface area contributed by atoms with Crippen LogP contribution in [0, 0.1) is 6.92 Å². The average Bonchev–Trinajstić information content (AvgIpc) is 2.51. The molecule has 0 unspecified atom stereocenters. The van der Waals surface area contributed by atoms with Crippen LogP contribution in [0.5, 0.6) is 0 Å². The van der Waals surface area contributed by atoms with E-state index in [-0.39, 0.29) is 12.3 Å². The van der Waals surface area contributed by atoms with Crippen LogP contribution in [0.3, 0.4) is 0 Å². The molecule has 0 aromatic heterocycles. The number of amides is 1. The maximum Gasteiger partial charge on any atom is 0.312 e. The molecule has 1 amide bonds. The number of benzene rings is 1. The van der Waals surface area contributed by atoms with Crippen molar-refractivity contribution in [1.29, 1.82) is 0 Å². The van der Waals surface area contributed by atoms with E-state index in [1.165, 1.54) is 5.56 Å². The van der Waals surface area contributed by atoms with Gasteiger partial charge in [0.15, 0.2) is 0 Å². The van der Waals surface area contributed by atoms with E-state index in [4.69, 9.17) is 0 Å². The molecular weight excluding hydrogens is 298 g/mol. The zero-order chi connectivity index (χ0) is 17.2. The van der Waals surface area contributed by atoms with Gasteiger partial charge in [-0.25, -0.2) is 0 Å². The van der Waals surface area contributed by atoms with Crippen LogP contribution in [0.2, 0.25) is 0 Å². The summed E-state index contributed by atoms with van der Waals surface area (Å²) in [5.41, 5.74) is 3.43. The second-order valence-electron chi connectivity index (χ2n) is 5.57. The van der Waals surface area contributed by atoms with E-state index in [9.17, 15) is 13.6 Å². The first-order valence-corrected chi connectivity index (χ1v) is 8.04. The number of aryl methyl sites for hydroxylation is 1. The summed E-state index contributed by atoms with van der Waals surface area (Å²) in [6, 6.07) is 7.92. The number of allylic oxidation sites excluding steroid dienone is 1. The molecular formula is C18H26F2N2O. The van der Waals surface area contributed by atoms with Crippen LogP contribution in [-0.2, 0) is 11.3 Å². The van der Waals surface area contributed by atoms with Gasteiger partial charge in [0.2, 0.25) is 5.91 Å². The number of nitrogens with one attached hydrogen (secondary N) is 2. The van der Waals surface area contributed by atoms with Crippen molar-refractivity contribution in [3.63, 3.8) is 0 Å². The molecule has 0 aliphatic carbocycles. The zero-order valence-electron chi connectivity index (χ0n) is 14.1. The second-order valence-corrected chi connectivity index (χ2v) is 5.57. The summed E-state index contributed by atoms with van der Waals surface area (Å²) in [7, 11) is 0. The third-order valence-corrected chi connectivity index (χ3v) is 3.60. The molecule has 128 valence electrons. The molecule has 23 heavy (non-hydrogen) atoms. The third kappa shape index (κ3) is 7.26. The van der Waals surface area contributed by atoms with Gasteiger partial charge in [-0.05, 0) is 30.9 Å². The van der Waals surface area contributed by atoms with Gasteiger partial charge in [0.25, 0.3) is 0 Å². The Morgan fingerprint density at radius 2 is 1.83 bits per heavy atom. The predicted octanol–water partition coefficient (Wildman–Crippen LogP) is 4.28. The van der Waals surface area contributed by atoms with Crippen molar-refractivity contribution in [2.75, 3.05) is 0 Å². The molecule has 0 aliphatic heterocycles. The molecule has 0 bridgehead atoms. The monoisotopic (exact) mass is 324 g/mol. The fraction of sp³-hybridized carbons (Fsp3) is 0.500. The van der Waals surface area contributed by atoms with E-state index >= 15 is 0 Å². The first-order valence-electron chi connectivity index (χ1n) is 8.04. The number of halogens is 2. The summed E-state index contributed by atoms with van der Waals surface area (Å²) in [6.45, 7) is 3.63. The Morgan fingerprint density at radius 1 is 1.17 bits per heavy atom. The van der Waals surface area contributed by atoms with Crippen LogP contribution in [0.4, 0.5) is 8.78 Å². The highest BCUT2D eigenvalue weighted by atomic mass is 19.3. The highest BCUT2D eigenvalue weighted by Crippen LogP contribution is 2.17. The van der Waals surface area contributed by atoms with Gasteiger partial charge in [0, 0.05) is 18.7 Å². The molecule has 1 rings (SSSR count). The summed E-state index contributed by atoms with van der Waals surface area (Å²) in [6.07, 6.45) is 2.07. The summed E-state index contributed by atoms with van der Waals surface area (Å²) in [4.78, 5) is 12.1. The van der Waals surface area contributed by atoms with Crippen LogP contribution >= 0.6 is 0 Å². The van der Waals surface area contributed by atoms with Crippen molar-refractivity contribution in [1.82, 2.24) is 10.6 Å². The highest BCUT2D eigenvalue weighted by Gasteiger charge is 2.13. The summed E-state index contributed by atoms with van der Waals surface area (Å²) in [5, 5.41) is 5.02. The molecule has 0 heterocycles. The number of hydrogen-bond donors (Lipinski definition) is 2. The molecule has 5 heteroatoms. The predicted molar refractivity (Wildman–Crippen MR) is 89.0 cm³/mol. The fourth-order valence-electron chi connectivity index (χ4n) is 2.40. The Labute approximate surface area is 137 Å². The van der Waals surface area contributed by atoms with Crippen LogP contribution < -0.4 is 10.6 Å². The average molecular weight is 324 g/mol. The van der Waals surface area contributed by atoms with E-state index in [0.717, 1.165) is 17.6 Å². The maximum atomic E-state index is 12.6. The minimum atomic E-state index is -2.60. The molecule has 0 radical (unpaired) electrons. The van der Waals surface area contributed by atoms with Crippen molar-refractivity contribution in [2.45, 2.75) is 59.5 Å². The summed E-state index contributed by atoms with van der Waals surface area (Å²) in [5.74, 6) is -0.143. The van der Waals surface area contributed by atoms with Gasteiger partial charge < -0.3 is 10.6 Å². The fourth-order valence-corrected chi connectivity index (χ4v) is 2.40. The molecule has 3 nitrogen and oxygen atoms in total. The van der Waals surface area contributed by atoms with Crippen molar-refractivity contribution >= 4 is 5.91 Å². The Balaban J connectivity index is 2.66. The van der Waals surface area contributed by atoms with Gasteiger partial charge in [0.05, 0.1) is 0 Å². The van der Waals surface area contributed by atoms with Crippen LogP contribution in [0.25, 0.3) is 0 Å². The van der Waals surface area contributed by atoms with Crippen LogP contribution in [-0.4, -0.2) is 12.5 Å². The smallest absolute Gasteiger partial charge is 0.312 e. The Kier molecular flexibility index (Phi) is 8.30. The Hall–Kier alpha value is -1.91. The van der Waals surface area contributed by atoms with Gasteiger partial charge in [-0.15, -0.1) is 0 Å². The Morgan fingerprint density at radius 3 is 2.35 bits per heavy atom.